The van der Waals surface area contributed by atoms with Gasteiger partial charge >= 0.3 is 0 Å². The summed E-state index contributed by atoms with van der Waals surface area (Å²) in [5.41, 5.74) is 1.61. The van der Waals surface area contributed by atoms with E-state index in [0.717, 1.165) is 0 Å². The Morgan fingerprint density at radius 1 is 1.37 bits per heavy atom. The number of hydrogen-bond acceptors (Lipinski definition) is 3. The predicted octanol–water partition coefficient (Wildman–Crippen LogP) is 3.59. The van der Waals surface area contributed by atoms with Gasteiger partial charge in [0.15, 0.2) is 0 Å². The largest absolute Gasteiger partial charge is 0.474 e. The lowest BCUT2D eigenvalue weighted by Crippen LogP contribution is -2.04. The summed E-state index contributed by atoms with van der Waals surface area (Å²) >= 11 is 5.95. The molecule has 100 valence electrons. The van der Waals surface area contributed by atoms with Crippen molar-refractivity contribution in [3.05, 3.63) is 40.9 Å². The molecule has 0 aliphatic heterocycles. The average Bonchev–Trinajstić information content (AvgIpc) is 2.37. The normalized spacial score (nSPS) is 10.5. The number of aromatic nitrogens is 2. The van der Waals surface area contributed by atoms with Gasteiger partial charge in [0.05, 0.1) is 16.9 Å². The molecule has 0 aliphatic rings. The number of hydrogen-bond donors (Lipinski definition) is 0. The maximum absolute atomic E-state index is 13.0. The zero-order valence-electron chi connectivity index (χ0n) is 10.2. The van der Waals surface area contributed by atoms with E-state index >= 15 is 0 Å². The maximum atomic E-state index is 13.0. The summed E-state index contributed by atoms with van der Waals surface area (Å²) in [6.45, 7) is 1.04. The van der Waals surface area contributed by atoms with Crippen LogP contribution in [0.1, 0.15) is 5.69 Å². The van der Waals surface area contributed by atoms with Crippen LogP contribution in [0.2, 0.25) is 5.02 Å². The van der Waals surface area contributed by atoms with Gasteiger partial charge in [0.1, 0.15) is 24.8 Å². The molecule has 0 aliphatic carbocycles. The zero-order valence-corrected chi connectivity index (χ0v) is 10.9. The van der Waals surface area contributed by atoms with E-state index < -0.39 is 12.5 Å². The Morgan fingerprint density at radius 3 is 2.79 bits per heavy atom. The van der Waals surface area contributed by atoms with Gasteiger partial charge in [-0.05, 0) is 25.1 Å². The molecule has 2 rings (SSSR count). The summed E-state index contributed by atoms with van der Waals surface area (Å²) in [5, 5.41) is 0.256. The van der Waals surface area contributed by atoms with E-state index in [4.69, 9.17) is 16.3 Å². The topological polar surface area (TPSA) is 35.0 Å². The van der Waals surface area contributed by atoms with Crippen LogP contribution >= 0.6 is 11.6 Å². The van der Waals surface area contributed by atoms with Crippen LogP contribution < -0.4 is 4.74 Å². The highest BCUT2D eigenvalue weighted by atomic mass is 35.5. The van der Waals surface area contributed by atoms with Gasteiger partial charge in [-0.15, -0.1) is 0 Å². The quantitative estimate of drug-likeness (QED) is 0.860. The second-order valence-electron chi connectivity index (χ2n) is 3.81. The fraction of sp³-hybridized carbons (Fsp3) is 0.231. The first-order valence-electron chi connectivity index (χ1n) is 5.59. The van der Waals surface area contributed by atoms with Crippen molar-refractivity contribution in [1.29, 1.82) is 0 Å². The summed E-state index contributed by atoms with van der Waals surface area (Å²) < 4.78 is 30.1. The lowest BCUT2D eigenvalue weighted by molar-refractivity contribution is 0.261. The molecule has 0 bridgehead atoms. The van der Waals surface area contributed by atoms with Crippen LogP contribution in [0.3, 0.4) is 0 Å². The Labute approximate surface area is 114 Å². The Morgan fingerprint density at radius 2 is 2.16 bits per heavy atom. The van der Waals surface area contributed by atoms with Crippen molar-refractivity contribution in [2.45, 2.75) is 6.92 Å². The first-order valence-corrected chi connectivity index (χ1v) is 5.97. The Kier molecular flexibility index (Phi) is 4.27. The van der Waals surface area contributed by atoms with Crippen molar-refractivity contribution in [3.8, 4) is 17.1 Å². The molecule has 0 spiro atoms. The number of ether oxygens (including phenoxy) is 1. The molecule has 0 saturated carbocycles. The molecule has 1 aromatic carbocycles. The molecule has 6 heteroatoms. The van der Waals surface area contributed by atoms with E-state index in [1.807, 2.05) is 0 Å². The standard InChI is InChI=1S/C13H11ClF2N2O/c1-8-13(19-5-4-15)17-7-12(18-8)10-3-2-9(16)6-11(10)14/h2-3,6-7H,4-5H2,1H3. The number of rotatable bonds is 4. The number of nitrogens with zero attached hydrogens (tertiary/aromatic N) is 2. The van der Waals surface area contributed by atoms with Crippen molar-refractivity contribution in [2.24, 2.45) is 0 Å². The van der Waals surface area contributed by atoms with Crippen molar-refractivity contribution in [3.63, 3.8) is 0 Å². The van der Waals surface area contributed by atoms with Crippen LogP contribution in [0.5, 0.6) is 5.88 Å². The molecular formula is C13H11ClF2N2O. The third kappa shape index (κ3) is 3.17. The van der Waals surface area contributed by atoms with Crippen LogP contribution in [-0.4, -0.2) is 23.2 Å². The predicted molar refractivity (Wildman–Crippen MR) is 68.6 cm³/mol. The maximum Gasteiger partial charge on any atom is 0.235 e. The minimum Gasteiger partial charge on any atom is -0.474 e. The molecule has 1 aromatic heterocycles. The van der Waals surface area contributed by atoms with Crippen LogP contribution in [0, 0.1) is 12.7 Å². The second kappa shape index (κ2) is 5.93. The summed E-state index contributed by atoms with van der Waals surface area (Å²) in [6, 6.07) is 4.04. The van der Waals surface area contributed by atoms with Gasteiger partial charge in [-0.3, -0.25) is 0 Å². The van der Waals surface area contributed by atoms with E-state index in [9.17, 15) is 8.78 Å². The third-order valence-electron chi connectivity index (χ3n) is 2.42. The fourth-order valence-corrected chi connectivity index (χ4v) is 1.84. The van der Waals surface area contributed by atoms with E-state index in [-0.39, 0.29) is 17.5 Å². The molecule has 0 radical (unpaired) electrons. The van der Waals surface area contributed by atoms with Gasteiger partial charge in [0, 0.05) is 5.56 Å². The molecule has 0 amide bonds. The molecule has 19 heavy (non-hydrogen) atoms. The lowest BCUT2D eigenvalue weighted by Gasteiger charge is -2.08. The van der Waals surface area contributed by atoms with Crippen molar-refractivity contribution >= 4 is 11.6 Å². The van der Waals surface area contributed by atoms with E-state index in [2.05, 4.69) is 9.97 Å². The fourth-order valence-electron chi connectivity index (χ4n) is 1.57. The molecule has 0 unspecified atom stereocenters. The van der Waals surface area contributed by atoms with Crippen LogP contribution in [0.25, 0.3) is 11.3 Å². The third-order valence-corrected chi connectivity index (χ3v) is 2.74. The molecular weight excluding hydrogens is 274 g/mol. The second-order valence-corrected chi connectivity index (χ2v) is 4.21. The summed E-state index contributed by atoms with van der Waals surface area (Å²) in [7, 11) is 0. The van der Waals surface area contributed by atoms with Crippen molar-refractivity contribution < 1.29 is 13.5 Å². The van der Waals surface area contributed by atoms with Crippen LogP contribution in [0.4, 0.5) is 8.78 Å². The van der Waals surface area contributed by atoms with Gasteiger partial charge in [0.25, 0.3) is 0 Å². The summed E-state index contributed by atoms with van der Waals surface area (Å²) in [4.78, 5) is 8.32. The first kappa shape index (κ1) is 13.7. The first-order chi connectivity index (χ1) is 9.11. The SMILES string of the molecule is Cc1nc(-c2ccc(F)cc2Cl)cnc1OCCF. The van der Waals surface area contributed by atoms with E-state index in [1.54, 1.807) is 6.92 Å². The van der Waals surface area contributed by atoms with E-state index in [0.29, 0.717) is 17.0 Å². The molecule has 0 atom stereocenters. The van der Waals surface area contributed by atoms with Gasteiger partial charge in [0.2, 0.25) is 5.88 Å². The Bertz CT molecular complexity index is 593. The minimum atomic E-state index is -0.591. The highest BCUT2D eigenvalue weighted by molar-refractivity contribution is 6.33. The Balaban J connectivity index is 2.33. The van der Waals surface area contributed by atoms with Gasteiger partial charge in [-0.1, -0.05) is 11.6 Å². The molecule has 0 N–H and O–H groups in total. The van der Waals surface area contributed by atoms with Crippen LogP contribution in [0.15, 0.2) is 24.4 Å². The van der Waals surface area contributed by atoms with Crippen LogP contribution in [-0.2, 0) is 0 Å². The molecule has 2 aromatic rings. The highest BCUT2D eigenvalue weighted by Gasteiger charge is 2.10. The van der Waals surface area contributed by atoms with Crippen molar-refractivity contribution in [2.75, 3.05) is 13.3 Å². The van der Waals surface area contributed by atoms with Crippen molar-refractivity contribution in [1.82, 2.24) is 9.97 Å². The molecule has 1 heterocycles. The smallest absolute Gasteiger partial charge is 0.235 e. The molecule has 0 fully saturated rings. The molecule has 3 nitrogen and oxygen atoms in total. The summed E-state index contributed by atoms with van der Waals surface area (Å²) in [5.74, 6) is -0.138. The summed E-state index contributed by atoms with van der Waals surface area (Å²) in [6.07, 6.45) is 1.46. The Hall–Kier alpha value is -1.75. The number of halogens is 3. The lowest BCUT2D eigenvalue weighted by atomic mass is 10.1. The minimum absolute atomic E-state index is 0.0633. The van der Waals surface area contributed by atoms with E-state index in [1.165, 1.54) is 24.4 Å². The number of benzene rings is 1. The monoisotopic (exact) mass is 284 g/mol. The number of aryl methyl sites for hydroxylation is 1. The van der Waals surface area contributed by atoms with Gasteiger partial charge < -0.3 is 4.74 Å². The highest BCUT2D eigenvalue weighted by Crippen LogP contribution is 2.28. The van der Waals surface area contributed by atoms with Gasteiger partial charge in [-0.25, -0.2) is 18.7 Å². The van der Waals surface area contributed by atoms with Gasteiger partial charge in [-0.2, -0.15) is 0 Å². The molecule has 0 saturated heterocycles. The number of alkyl halides is 1. The zero-order chi connectivity index (χ0) is 13.8. The average molecular weight is 285 g/mol.